The number of carbonyl (C=O) groups is 2. The molecule has 0 atom stereocenters. The molecule has 0 unspecified atom stereocenters. The van der Waals surface area contributed by atoms with E-state index in [1.807, 2.05) is 37.3 Å². The van der Waals surface area contributed by atoms with Crippen LogP contribution in [0.2, 0.25) is 5.15 Å². The average molecular weight is 384 g/mol. The van der Waals surface area contributed by atoms with Crippen molar-refractivity contribution >= 4 is 29.2 Å². The number of esters is 1. The number of ether oxygens (including phenoxy) is 1. The Kier molecular flexibility index (Phi) is 5.57. The number of nitrogens with zero attached hydrogens (tertiary/aromatic N) is 2. The first kappa shape index (κ1) is 18.7. The Labute approximate surface area is 161 Å². The Balaban J connectivity index is 1.70. The number of aryl methyl sites for hydroxylation is 1. The fourth-order valence-electron chi connectivity index (χ4n) is 2.55. The molecule has 0 saturated carbocycles. The number of rotatable bonds is 5. The molecule has 0 bridgehead atoms. The summed E-state index contributed by atoms with van der Waals surface area (Å²) in [7, 11) is 0. The number of nitrogens with one attached hydrogen (secondary N) is 1. The van der Waals surface area contributed by atoms with Gasteiger partial charge < -0.3 is 10.1 Å². The molecular weight excluding hydrogens is 366 g/mol. The first-order valence-corrected chi connectivity index (χ1v) is 8.67. The molecule has 0 aliphatic rings. The molecule has 3 rings (SSSR count). The molecule has 7 heteroatoms. The van der Waals surface area contributed by atoms with Gasteiger partial charge in [-0.25, -0.2) is 9.48 Å². The largest absolute Gasteiger partial charge is 0.457 e. The number of halogens is 1. The number of benzene rings is 2. The van der Waals surface area contributed by atoms with Gasteiger partial charge in [-0.1, -0.05) is 29.8 Å². The Hall–Kier alpha value is -3.12. The quantitative estimate of drug-likeness (QED) is 0.672. The summed E-state index contributed by atoms with van der Waals surface area (Å²) in [6, 6.07) is 16.0. The summed E-state index contributed by atoms with van der Waals surface area (Å²) in [5, 5.41) is 7.48. The Bertz CT molecular complexity index is 966. The molecule has 138 valence electrons. The molecule has 1 N–H and O–H groups in total. The van der Waals surface area contributed by atoms with Crippen molar-refractivity contribution in [2.45, 2.75) is 20.5 Å². The van der Waals surface area contributed by atoms with Crippen LogP contribution in [0.4, 0.5) is 5.69 Å². The van der Waals surface area contributed by atoms with Gasteiger partial charge in [-0.05, 0) is 43.3 Å². The van der Waals surface area contributed by atoms with Crippen LogP contribution in [-0.2, 0) is 16.1 Å². The van der Waals surface area contributed by atoms with Crippen molar-refractivity contribution in [1.29, 1.82) is 0 Å². The molecule has 2 aromatic carbocycles. The standard InChI is InChI=1S/C20H18ClN3O3/c1-13-18(19(21)24(23-13)17-6-4-3-5-7-17)12-27-20(26)15-8-10-16(11-9-15)22-14(2)25/h3-11H,12H2,1-2H3,(H,22,25). The minimum atomic E-state index is -0.479. The Morgan fingerprint density at radius 3 is 2.41 bits per heavy atom. The number of anilines is 1. The third-order valence-electron chi connectivity index (χ3n) is 3.91. The SMILES string of the molecule is CC(=O)Nc1ccc(C(=O)OCc2c(C)nn(-c3ccccc3)c2Cl)cc1. The molecule has 0 radical (unpaired) electrons. The first-order chi connectivity index (χ1) is 13.0. The highest BCUT2D eigenvalue weighted by Gasteiger charge is 2.17. The van der Waals surface area contributed by atoms with Gasteiger partial charge in [0.2, 0.25) is 5.91 Å². The van der Waals surface area contributed by atoms with Gasteiger partial charge in [0.15, 0.2) is 0 Å². The predicted molar refractivity (Wildman–Crippen MR) is 103 cm³/mol. The molecule has 0 aliphatic carbocycles. The monoisotopic (exact) mass is 383 g/mol. The normalized spacial score (nSPS) is 10.5. The van der Waals surface area contributed by atoms with Gasteiger partial charge in [-0.15, -0.1) is 0 Å². The molecule has 0 aliphatic heterocycles. The van der Waals surface area contributed by atoms with Crippen molar-refractivity contribution in [3.63, 3.8) is 0 Å². The van der Waals surface area contributed by atoms with E-state index in [-0.39, 0.29) is 12.5 Å². The molecule has 0 spiro atoms. The van der Waals surface area contributed by atoms with E-state index in [2.05, 4.69) is 10.4 Å². The van der Waals surface area contributed by atoms with E-state index in [0.717, 1.165) is 5.69 Å². The number of aromatic nitrogens is 2. The summed E-state index contributed by atoms with van der Waals surface area (Å²) < 4.78 is 7.00. The number of carbonyl (C=O) groups excluding carboxylic acids is 2. The lowest BCUT2D eigenvalue weighted by molar-refractivity contribution is -0.114. The molecule has 0 fully saturated rings. The van der Waals surface area contributed by atoms with E-state index in [9.17, 15) is 9.59 Å². The summed E-state index contributed by atoms with van der Waals surface area (Å²) in [5.74, 6) is -0.654. The van der Waals surface area contributed by atoms with E-state index < -0.39 is 5.97 Å². The second-order valence-corrected chi connectivity index (χ2v) is 6.29. The van der Waals surface area contributed by atoms with Crippen molar-refractivity contribution in [2.24, 2.45) is 0 Å². The third kappa shape index (κ3) is 4.35. The van der Waals surface area contributed by atoms with Crippen LogP contribution in [0.25, 0.3) is 5.69 Å². The fourth-order valence-corrected chi connectivity index (χ4v) is 2.88. The van der Waals surface area contributed by atoms with Crippen LogP contribution >= 0.6 is 11.6 Å². The zero-order chi connectivity index (χ0) is 19.4. The van der Waals surface area contributed by atoms with Crippen LogP contribution in [0, 0.1) is 6.92 Å². The maximum absolute atomic E-state index is 12.3. The number of para-hydroxylation sites is 1. The summed E-state index contributed by atoms with van der Waals surface area (Å²) >= 11 is 6.43. The lowest BCUT2D eigenvalue weighted by Crippen LogP contribution is -2.08. The second kappa shape index (κ2) is 8.05. The fraction of sp³-hybridized carbons (Fsp3) is 0.150. The van der Waals surface area contributed by atoms with E-state index >= 15 is 0 Å². The lowest BCUT2D eigenvalue weighted by Gasteiger charge is -2.07. The van der Waals surface area contributed by atoms with Gasteiger partial charge in [0, 0.05) is 18.2 Å². The smallest absolute Gasteiger partial charge is 0.338 e. The van der Waals surface area contributed by atoms with Crippen molar-refractivity contribution in [3.8, 4) is 5.69 Å². The minimum Gasteiger partial charge on any atom is -0.457 e. The minimum absolute atomic E-state index is 0.0176. The van der Waals surface area contributed by atoms with Gasteiger partial charge in [0.25, 0.3) is 0 Å². The summed E-state index contributed by atoms with van der Waals surface area (Å²) in [6.45, 7) is 3.25. The number of hydrogen-bond acceptors (Lipinski definition) is 4. The van der Waals surface area contributed by atoms with Gasteiger partial charge in [0.05, 0.1) is 16.9 Å². The molecule has 1 amide bonds. The molecular formula is C20H18ClN3O3. The molecule has 1 aromatic heterocycles. The van der Waals surface area contributed by atoms with E-state index in [1.165, 1.54) is 6.92 Å². The van der Waals surface area contributed by atoms with Gasteiger partial charge in [-0.3, -0.25) is 4.79 Å². The zero-order valence-corrected chi connectivity index (χ0v) is 15.7. The highest BCUT2D eigenvalue weighted by atomic mass is 35.5. The molecule has 0 saturated heterocycles. The van der Waals surface area contributed by atoms with Crippen LogP contribution in [0.3, 0.4) is 0 Å². The van der Waals surface area contributed by atoms with Crippen LogP contribution in [0.5, 0.6) is 0 Å². The summed E-state index contributed by atoms with van der Waals surface area (Å²) in [6.07, 6.45) is 0. The van der Waals surface area contributed by atoms with E-state index in [4.69, 9.17) is 16.3 Å². The highest BCUT2D eigenvalue weighted by molar-refractivity contribution is 6.30. The molecule has 27 heavy (non-hydrogen) atoms. The van der Waals surface area contributed by atoms with E-state index in [0.29, 0.717) is 27.7 Å². The van der Waals surface area contributed by atoms with Crippen molar-refractivity contribution in [3.05, 3.63) is 76.6 Å². The number of amides is 1. The van der Waals surface area contributed by atoms with Gasteiger partial charge >= 0.3 is 5.97 Å². The van der Waals surface area contributed by atoms with Crippen molar-refractivity contribution in [2.75, 3.05) is 5.32 Å². The van der Waals surface area contributed by atoms with Crippen LogP contribution < -0.4 is 5.32 Å². The zero-order valence-electron chi connectivity index (χ0n) is 14.9. The first-order valence-electron chi connectivity index (χ1n) is 8.30. The summed E-state index contributed by atoms with van der Waals surface area (Å²) in [4.78, 5) is 23.3. The van der Waals surface area contributed by atoms with Crippen LogP contribution in [0.1, 0.15) is 28.5 Å². The van der Waals surface area contributed by atoms with Crippen LogP contribution in [0.15, 0.2) is 54.6 Å². The second-order valence-electron chi connectivity index (χ2n) is 5.94. The molecule has 1 heterocycles. The highest BCUT2D eigenvalue weighted by Crippen LogP contribution is 2.24. The van der Waals surface area contributed by atoms with Crippen molar-refractivity contribution in [1.82, 2.24) is 9.78 Å². The van der Waals surface area contributed by atoms with Gasteiger partial charge in [-0.2, -0.15) is 5.10 Å². The number of hydrogen-bond donors (Lipinski definition) is 1. The predicted octanol–water partition coefficient (Wildman–Crippen LogP) is 4.15. The Morgan fingerprint density at radius 1 is 1.11 bits per heavy atom. The third-order valence-corrected chi connectivity index (χ3v) is 4.30. The molecule has 3 aromatic rings. The Morgan fingerprint density at radius 2 is 1.78 bits per heavy atom. The van der Waals surface area contributed by atoms with Gasteiger partial charge in [0.1, 0.15) is 11.8 Å². The van der Waals surface area contributed by atoms with Crippen LogP contribution in [-0.4, -0.2) is 21.7 Å². The van der Waals surface area contributed by atoms with E-state index in [1.54, 1.807) is 28.9 Å². The lowest BCUT2D eigenvalue weighted by atomic mass is 10.2. The van der Waals surface area contributed by atoms with Crippen molar-refractivity contribution < 1.29 is 14.3 Å². The maximum atomic E-state index is 12.3. The summed E-state index contributed by atoms with van der Waals surface area (Å²) in [5.41, 5.74) is 3.17. The maximum Gasteiger partial charge on any atom is 0.338 e. The average Bonchev–Trinajstić information content (AvgIpc) is 2.94. The topological polar surface area (TPSA) is 73.2 Å². The molecule has 6 nitrogen and oxygen atoms in total.